The van der Waals surface area contributed by atoms with Crippen molar-refractivity contribution >= 4 is 11.7 Å². The lowest BCUT2D eigenvalue weighted by molar-refractivity contribution is -0.131. The predicted molar refractivity (Wildman–Crippen MR) is 56.3 cm³/mol. The van der Waals surface area contributed by atoms with Gasteiger partial charge in [0.2, 0.25) is 0 Å². The molecule has 1 rings (SSSR count). The molecule has 1 aromatic carbocycles. The lowest BCUT2D eigenvalue weighted by Gasteiger charge is -2.11. The third kappa shape index (κ3) is 2.25. The van der Waals surface area contributed by atoms with Crippen LogP contribution in [0.1, 0.15) is 25.0 Å². The summed E-state index contributed by atoms with van der Waals surface area (Å²) in [6.45, 7) is 5.28. The number of esters is 1. The Bertz CT molecular complexity index is 359. The van der Waals surface area contributed by atoms with Crippen molar-refractivity contribution in [3.8, 4) is 5.75 Å². The molecule has 0 aliphatic carbocycles. The average Bonchev–Trinajstić information content (AvgIpc) is 2.08. The molecule has 0 aromatic heterocycles. The number of hydrogen-bond acceptors (Lipinski definition) is 3. The van der Waals surface area contributed by atoms with E-state index in [1.807, 2.05) is 19.9 Å². The predicted octanol–water partition coefficient (Wildman–Crippen LogP) is 2.06. The number of benzene rings is 1. The molecule has 0 fully saturated rings. The molecule has 3 nitrogen and oxygen atoms in total. The molecule has 76 valence electrons. The minimum Gasteiger partial charge on any atom is -0.426 e. The van der Waals surface area contributed by atoms with Crippen molar-refractivity contribution in [3.63, 3.8) is 0 Å². The van der Waals surface area contributed by atoms with Gasteiger partial charge in [-0.2, -0.15) is 0 Å². The molecule has 0 saturated carbocycles. The second kappa shape index (κ2) is 4.13. The minimum absolute atomic E-state index is 0.299. The van der Waals surface area contributed by atoms with Gasteiger partial charge in [-0.15, -0.1) is 0 Å². The van der Waals surface area contributed by atoms with Gasteiger partial charge in [0.25, 0.3) is 0 Å². The largest absolute Gasteiger partial charge is 0.426 e. The number of ether oxygens (including phenoxy) is 1. The first-order valence-corrected chi connectivity index (χ1v) is 4.62. The van der Waals surface area contributed by atoms with Crippen molar-refractivity contribution in [1.29, 1.82) is 0 Å². The fourth-order valence-electron chi connectivity index (χ4n) is 1.43. The monoisotopic (exact) mass is 193 g/mol. The molecule has 0 amide bonds. The van der Waals surface area contributed by atoms with Crippen molar-refractivity contribution < 1.29 is 9.53 Å². The molecular weight excluding hydrogens is 178 g/mol. The summed E-state index contributed by atoms with van der Waals surface area (Å²) >= 11 is 0. The summed E-state index contributed by atoms with van der Waals surface area (Å²) in [6, 6.07) is 3.64. The van der Waals surface area contributed by atoms with Crippen LogP contribution in [0.15, 0.2) is 12.1 Å². The maximum Gasteiger partial charge on any atom is 0.308 e. The van der Waals surface area contributed by atoms with Gasteiger partial charge in [-0.05, 0) is 36.6 Å². The summed E-state index contributed by atoms with van der Waals surface area (Å²) in [6.07, 6.45) is 0.800. The quantitative estimate of drug-likeness (QED) is 0.444. The second-order valence-corrected chi connectivity index (χ2v) is 3.27. The number of hydrogen-bond donors (Lipinski definition) is 1. The van der Waals surface area contributed by atoms with Crippen LogP contribution in [0.25, 0.3) is 0 Å². The highest BCUT2D eigenvalue weighted by molar-refractivity contribution is 5.71. The molecule has 2 N–H and O–H groups in total. The van der Waals surface area contributed by atoms with E-state index in [2.05, 4.69) is 0 Å². The number of carbonyl (C=O) groups is 1. The van der Waals surface area contributed by atoms with E-state index in [9.17, 15) is 4.79 Å². The molecule has 0 unspecified atom stereocenters. The summed E-state index contributed by atoms with van der Waals surface area (Å²) in [7, 11) is 0. The van der Waals surface area contributed by atoms with Gasteiger partial charge in [-0.3, -0.25) is 4.79 Å². The Labute approximate surface area is 83.9 Å². The van der Waals surface area contributed by atoms with Crippen LogP contribution in [0.4, 0.5) is 5.69 Å². The number of aryl methyl sites for hydroxylation is 2. The van der Waals surface area contributed by atoms with Gasteiger partial charge in [0.1, 0.15) is 5.75 Å². The van der Waals surface area contributed by atoms with Crippen LogP contribution < -0.4 is 10.5 Å². The SMILES string of the molecule is CCc1cc(N)cc(C)c1OC(C)=O. The van der Waals surface area contributed by atoms with Gasteiger partial charge in [0.05, 0.1) is 0 Å². The van der Waals surface area contributed by atoms with Crippen LogP contribution in [0.5, 0.6) is 5.75 Å². The maximum atomic E-state index is 10.9. The Morgan fingerprint density at radius 1 is 1.50 bits per heavy atom. The first-order chi connectivity index (χ1) is 6.54. The van der Waals surface area contributed by atoms with Gasteiger partial charge >= 0.3 is 5.97 Å². The fraction of sp³-hybridized carbons (Fsp3) is 0.364. The Morgan fingerprint density at radius 3 is 2.64 bits per heavy atom. The van der Waals surface area contributed by atoms with Crippen LogP contribution in [-0.4, -0.2) is 5.97 Å². The highest BCUT2D eigenvalue weighted by Crippen LogP contribution is 2.27. The number of anilines is 1. The van der Waals surface area contributed by atoms with Crippen molar-refractivity contribution in [2.24, 2.45) is 0 Å². The molecule has 0 bridgehead atoms. The Balaban J connectivity index is 3.18. The zero-order valence-electron chi connectivity index (χ0n) is 8.76. The maximum absolute atomic E-state index is 10.9. The fourth-order valence-corrected chi connectivity index (χ4v) is 1.43. The summed E-state index contributed by atoms with van der Waals surface area (Å²) < 4.78 is 5.13. The van der Waals surface area contributed by atoms with E-state index >= 15 is 0 Å². The molecule has 0 heterocycles. The van der Waals surface area contributed by atoms with E-state index in [0.717, 1.165) is 17.5 Å². The molecule has 1 aromatic rings. The molecule has 0 aliphatic rings. The molecule has 0 aliphatic heterocycles. The first kappa shape index (κ1) is 10.6. The standard InChI is InChI=1S/C11H15NO2/c1-4-9-6-10(12)5-7(2)11(9)14-8(3)13/h5-6H,4,12H2,1-3H3. The van der Waals surface area contributed by atoms with Gasteiger partial charge in [-0.25, -0.2) is 0 Å². The Morgan fingerprint density at radius 2 is 2.14 bits per heavy atom. The third-order valence-corrected chi connectivity index (χ3v) is 2.00. The van der Waals surface area contributed by atoms with Crippen LogP contribution in [0.3, 0.4) is 0 Å². The minimum atomic E-state index is -0.299. The Hall–Kier alpha value is -1.51. The van der Waals surface area contributed by atoms with Crippen LogP contribution in [0, 0.1) is 6.92 Å². The molecule has 3 heteroatoms. The normalized spacial score (nSPS) is 9.93. The molecular formula is C11H15NO2. The molecule has 0 saturated heterocycles. The molecule has 14 heavy (non-hydrogen) atoms. The van der Waals surface area contributed by atoms with E-state index < -0.39 is 0 Å². The topological polar surface area (TPSA) is 52.3 Å². The van der Waals surface area contributed by atoms with Crippen LogP contribution in [-0.2, 0) is 11.2 Å². The van der Waals surface area contributed by atoms with E-state index in [1.165, 1.54) is 6.92 Å². The highest BCUT2D eigenvalue weighted by Gasteiger charge is 2.09. The smallest absolute Gasteiger partial charge is 0.308 e. The average molecular weight is 193 g/mol. The third-order valence-electron chi connectivity index (χ3n) is 2.00. The molecule has 0 atom stereocenters. The second-order valence-electron chi connectivity index (χ2n) is 3.27. The molecule has 0 radical (unpaired) electrons. The van der Waals surface area contributed by atoms with Crippen molar-refractivity contribution in [2.75, 3.05) is 5.73 Å². The number of nitrogen functional groups attached to an aromatic ring is 1. The lowest BCUT2D eigenvalue weighted by Crippen LogP contribution is -2.06. The summed E-state index contributed by atoms with van der Waals surface area (Å²) in [5.74, 6) is 0.349. The van der Waals surface area contributed by atoms with E-state index in [4.69, 9.17) is 10.5 Å². The summed E-state index contributed by atoms with van der Waals surface area (Å²) in [4.78, 5) is 10.9. The van der Waals surface area contributed by atoms with E-state index in [1.54, 1.807) is 6.07 Å². The summed E-state index contributed by atoms with van der Waals surface area (Å²) in [5.41, 5.74) is 8.27. The zero-order chi connectivity index (χ0) is 10.7. The number of nitrogens with two attached hydrogens (primary N) is 1. The highest BCUT2D eigenvalue weighted by atomic mass is 16.5. The number of carbonyl (C=O) groups excluding carboxylic acids is 1. The lowest BCUT2D eigenvalue weighted by atomic mass is 10.1. The zero-order valence-corrected chi connectivity index (χ0v) is 8.76. The molecule has 0 spiro atoms. The van der Waals surface area contributed by atoms with Crippen molar-refractivity contribution in [1.82, 2.24) is 0 Å². The first-order valence-electron chi connectivity index (χ1n) is 4.62. The van der Waals surface area contributed by atoms with Gasteiger partial charge in [0.15, 0.2) is 0 Å². The van der Waals surface area contributed by atoms with Gasteiger partial charge in [0, 0.05) is 12.6 Å². The Kier molecular flexibility index (Phi) is 3.12. The number of rotatable bonds is 2. The van der Waals surface area contributed by atoms with Crippen molar-refractivity contribution in [2.45, 2.75) is 27.2 Å². The van der Waals surface area contributed by atoms with Gasteiger partial charge < -0.3 is 10.5 Å². The van der Waals surface area contributed by atoms with Crippen LogP contribution in [0.2, 0.25) is 0 Å². The van der Waals surface area contributed by atoms with Crippen molar-refractivity contribution in [3.05, 3.63) is 23.3 Å². The summed E-state index contributed by atoms with van der Waals surface area (Å²) in [5, 5.41) is 0. The van der Waals surface area contributed by atoms with E-state index in [-0.39, 0.29) is 5.97 Å². The van der Waals surface area contributed by atoms with E-state index in [0.29, 0.717) is 11.4 Å². The van der Waals surface area contributed by atoms with Crippen LogP contribution >= 0.6 is 0 Å². The van der Waals surface area contributed by atoms with Gasteiger partial charge in [-0.1, -0.05) is 6.92 Å².